The van der Waals surface area contributed by atoms with Gasteiger partial charge in [0.05, 0.1) is 11.3 Å². The molecule has 7 nitrogen and oxygen atoms in total. The summed E-state index contributed by atoms with van der Waals surface area (Å²) < 4.78 is 26.0. The largest absolute Gasteiger partial charge is 0.339 e. The summed E-state index contributed by atoms with van der Waals surface area (Å²) in [7, 11) is -3.42. The molecule has 0 saturated carbocycles. The molecule has 21 heavy (non-hydrogen) atoms. The fourth-order valence-corrected chi connectivity index (χ4v) is 3.83. The van der Waals surface area contributed by atoms with Crippen LogP contribution in [0.25, 0.3) is 0 Å². The SMILES string of the molecule is CC(C)S(=O)(=O)[C@@H](C)C(=O)N1CCC[C@@H](n2cncn2)C1. The lowest BCUT2D eigenvalue weighted by molar-refractivity contribution is -0.132. The third-order valence-corrected chi connectivity index (χ3v) is 6.52. The Morgan fingerprint density at radius 3 is 2.62 bits per heavy atom. The summed E-state index contributed by atoms with van der Waals surface area (Å²) in [6.45, 7) is 5.78. The maximum atomic E-state index is 12.5. The average Bonchev–Trinajstić information content (AvgIpc) is 2.99. The number of hydrogen-bond donors (Lipinski definition) is 0. The summed E-state index contributed by atoms with van der Waals surface area (Å²) in [5, 5.41) is 2.56. The summed E-state index contributed by atoms with van der Waals surface area (Å²) in [4.78, 5) is 18.0. The van der Waals surface area contributed by atoms with Gasteiger partial charge in [0.1, 0.15) is 17.9 Å². The Bertz CT molecular complexity index is 583. The molecule has 8 heteroatoms. The van der Waals surface area contributed by atoms with Crippen LogP contribution in [-0.4, -0.2) is 57.6 Å². The van der Waals surface area contributed by atoms with Crippen LogP contribution < -0.4 is 0 Å². The molecular formula is C13H22N4O3S. The molecule has 1 aromatic heterocycles. The lowest BCUT2D eigenvalue weighted by Crippen LogP contribution is -2.48. The minimum atomic E-state index is -3.42. The van der Waals surface area contributed by atoms with E-state index in [4.69, 9.17) is 0 Å². The minimum Gasteiger partial charge on any atom is -0.339 e. The molecule has 2 rings (SSSR count). The second kappa shape index (κ2) is 6.13. The summed E-state index contributed by atoms with van der Waals surface area (Å²) in [5.41, 5.74) is 0. The molecule has 1 aliphatic rings. The topological polar surface area (TPSA) is 85.2 Å². The number of amides is 1. The Hall–Kier alpha value is -1.44. The van der Waals surface area contributed by atoms with Gasteiger partial charge in [-0.25, -0.2) is 18.1 Å². The van der Waals surface area contributed by atoms with Gasteiger partial charge in [0, 0.05) is 13.1 Å². The maximum Gasteiger partial charge on any atom is 0.240 e. The first-order chi connectivity index (χ1) is 9.84. The zero-order valence-electron chi connectivity index (χ0n) is 12.6. The highest BCUT2D eigenvalue weighted by molar-refractivity contribution is 7.93. The van der Waals surface area contributed by atoms with Gasteiger partial charge < -0.3 is 4.90 Å². The van der Waals surface area contributed by atoms with Crippen molar-refractivity contribution in [3.05, 3.63) is 12.7 Å². The minimum absolute atomic E-state index is 0.0687. The van der Waals surface area contributed by atoms with Crippen LogP contribution >= 0.6 is 0 Å². The summed E-state index contributed by atoms with van der Waals surface area (Å²) in [6, 6.07) is 0.0687. The maximum absolute atomic E-state index is 12.5. The molecule has 0 N–H and O–H groups in total. The molecule has 2 atom stereocenters. The quantitative estimate of drug-likeness (QED) is 0.815. The van der Waals surface area contributed by atoms with Gasteiger partial charge in [0.15, 0.2) is 9.84 Å². The number of rotatable bonds is 4. The zero-order valence-corrected chi connectivity index (χ0v) is 13.5. The Morgan fingerprint density at radius 1 is 1.33 bits per heavy atom. The molecule has 1 amide bonds. The van der Waals surface area contributed by atoms with Crippen molar-refractivity contribution in [3.63, 3.8) is 0 Å². The molecule has 0 aromatic carbocycles. The predicted molar refractivity (Wildman–Crippen MR) is 78.4 cm³/mol. The van der Waals surface area contributed by atoms with Gasteiger partial charge in [0.25, 0.3) is 0 Å². The molecule has 0 spiro atoms. The van der Waals surface area contributed by atoms with Gasteiger partial charge in [-0.1, -0.05) is 0 Å². The van der Waals surface area contributed by atoms with E-state index in [9.17, 15) is 13.2 Å². The van der Waals surface area contributed by atoms with Crippen LogP contribution in [0, 0.1) is 0 Å². The fraction of sp³-hybridized carbons (Fsp3) is 0.769. The van der Waals surface area contributed by atoms with Crippen molar-refractivity contribution in [1.82, 2.24) is 19.7 Å². The van der Waals surface area contributed by atoms with E-state index in [1.54, 1.807) is 29.8 Å². The van der Waals surface area contributed by atoms with E-state index >= 15 is 0 Å². The van der Waals surface area contributed by atoms with E-state index in [2.05, 4.69) is 10.1 Å². The highest BCUT2D eigenvalue weighted by atomic mass is 32.2. The number of sulfone groups is 1. The van der Waals surface area contributed by atoms with Gasteiger partial charge in [-0.05, 0) is 33.6 Å². The van der Waals surface area contributed by atoms with E-state index in [-0.39, 0.29) is 11.9 Å². The van der Waals surface area contributed by atoms with Gasteiger partial charge in [0.2, 0.25) is 5.91 Å². The number of piperidine rings is 1. The van der Waals surface area contributed by atoms with Crippen LogP contribution in [0.5, 0.6) is 0 Å². The second-order valence-electron chi connectivity index (χ2n) is 5.74. The van der Waals surface area contributed by atoms with Crippen molar-refractivity contribution < 1.29 is 13.2 Å². The third kappa shape index (κ3) is 3.25. The summed E-state index contributed by atoms with van der Waals surface area (Å²) in [6.07, 6.45) is 4.85. The van der Waals surface area contributed by atoms with Crippen LogP contribution in [0.3, 0.4) is 0 Å². The van der Waals surface area contributed by atoms with Crippen molar-refractivity contribution in [3.8, 4) is 0 Å². The third-order valence-electron chi connectivity index (χ3n) is 4.02. The molecule has 1 fully saturated rings. The molecule has 2 heterocycles. The Balaban J connectivity index is 2.09. The van der Waals surface area contributed by atoms with Gasteiger partial charge in [-0.15, -0.1) is 0 Å². The first-order valence-electron chi connectivity index (χ1n) is 7.19. The predicted octanol–water partition coefficient (Wildman–Crippen LogP) is 0.653. The molecule has 0 unspecified atom stereocenters. The molecule has 1 aromatic rings. The normalized spacial score (nSPS) is 21.5. The van der Waals surface area contributed by atoms with Crippen molar-refractivity contribution in [2.45, 2.75) is 50.2 Å². The van der Waals surface area contributed by atoms with E-state index < -0.39 is 20.3 Å². The number of aromatic nitrogens is 3. The van der Waals surface area contributed by atoms with Crippen molar-refractivity contribution in [2.75, 3.05) is 13.1 Å². The van der Waals surface area contributed by atoms with Gasteiger partial charge in [-0.2, -0.15) is 5.10 Å². The first kappa shape index (κ1) is 15.9. The molecule has 1 aliphatic heterocycles. The van der Waals surface area contributed by atoms with E-state index in [0.717, 1.165) is 12.8 Å². The Kier molecular flexibility index (Phi) is 4.65. The zero-order chi connectivity index (χ0) is 15.6. The Morgan fingerprint density at radius 2 is 2.05 bits per heavy atom. The number of carbonyl (C=O) groups is 1. The summed E-state index contributed by atoms with van der Waals surface area (Å²) in [5.74, 6) is -0.312. The van der Waals surface area contributed by atoms with Crippen LogP contribution in [-0.2, 0) is 14.6 Å². The fourth-order valence-electron chi connectivity index (χ4n) is 2.58. The van der Waals surface area contributed by atoms with Crippen molar-refractivity contribution >= 4 is 15.7 Å². The molecule has 0 radical (unpaired) electrons. The lowest BCUT2D eigenvalue weighted by Gasteiger charge is -2.34. The van der Waals surface area contributed by atoms with Crippen LogP contribution in [0.1, 0.15) is 39.7 Å². The van der Waals surface area contributed by atoms with E-state index in [1.165, 1.54) is 13.3 Å². The number of carbonyl (C=O) groups excluding carboxylic acids is 1. The monoisotopic (exact) mass is 314 g/mol. The number of nitrogens with zero attached hydrogens (tertiary/aromatic N) is 4. The highest BCUT2D eigenvalue weighted by Gasteiger charge is 2.35. The van der Waals surface area contributed by atoms with E-state index in [1.807, 2.05) is 0 Å². The van der Waals surface area contributed by atoms with Crippen LogP contribution in [0.2, 0.25) is 0 Å². The molecule has 1 saturated heterocycles. The molecule has 0 bridgehead atoms. The standard InChI is InChI=1S/C13H22N4O3S/c1-10(2)21(19,20)11(3)13(18)16-6-4-5-12(7-16)17-9-14-8-15-17/h8-12H,4-7H2,1-3H3/t11-,12+/m0/s1. The second-order valence-corrected chi connectivity index (χ2v) is 8.56. The smallest absolute Gasteiger partial charge is 0.240 e. The first-order valence-corrected chi connectivity index (χ1v) is 8.80. The molecule has 0 aliphatic carbocycles. The average molecular weight is 314 g/mol. The van der Waals surface area contributed by atoms with Gasteiger partial charge in [-0.3, -0.25) is 4.79 Å². The van der Waals surface area contributed by atoms with Crippen molar-refractivity contribution in [1.29, 1.82) is 0 Å². The van der Waals surface area contributed by atoms with Crippen LogP contribution in [0.4, 0.5) is 0 Å². The van der Waals surface area contributed by atoms with Crippen LogP contribution in [0.15, 0.2) is 12.7 Å². The van der Waals surface area contributed by atoms with Gasteiger partial charge >= 0.3 is 0 Å². The molecular weight excluding hydrogens is 292 g/mol. The van der Waals surface area contributed by atoms with Crippen molar-refractivity contribution in [2.24, 2.45) is 0 Å². The Labute approximate surface area is 125 Å². The highest BCUT2D eigenvalue weighted by Crippen LogP contribution is 2.22. The summed E-state index contributed by atoms with van der Waals surface area (Å²) >= 11 is 0. The molecule has 118 valence electrons. The number of hydrogen-bond acceptors (Lipinski definition) is 5. The lowest BCUT2D eigenvalue weighted by atomic mass is 10.1. The number of likely N-dealkylation sites (tertiary alicyclic amines) is 1. The van der Waals surface area contributed by atoms with E-state index in [0.29, 0.717) is 13.1 Å².